The van der Waals surface area contributed by atoms with E-state index >= 15 is 0 Å². The quantitative estimate of drug-likeness (QED) is 0.367. The van der Waals surface area contributed by atoms with Crippen molar-refractivity contribution < 1.29 is 9.90 Å². The maximum absolute atomic E-state index is 14.1. The first kappa shape index (κ1) is 24.4. The van der Waals surface area contributed by atoms with Gasteiger partial charge in [0.25, 0.3) is 0 Å². The largest absolute Gasteiger partial charge is 0.396 e. The number of hydrogen-bond donors (Lipinski definition) is 3. The van der Waals surface area contributed by atoms with Crippen LogP contribution >= 0.6 is 21.6 Å². The second-order valence-electron chi connectivity index (χ2n) is 12.2. The van der Waals surface area contributed by atoms with Crippen LogP contribution in [0.25, 0.3) is 0 Å². The van der Waals surface area contributed by atoms with Gasteiger partial charge in [-0.2, -0.15) is 0 Å². The number of guanidine groups is 1. The fourth-order valence-electron chi connectivity index (χ4n) is 9.38. The summed E-state index contributed by atoms with van der Waals surface area (Å²) in [7, 11) is 4.04. The number of ketones is 1. The highest BCUT2D eigenvalue weighted by atomic mass is 33.1. The van der Waals surface area contributed by atoms with E-state index in [1.165, 1.54) is 24.8 Å². The lowest BCUT2D eigenvalue weighted by molar-refractivity contribution is -0.130. The summed E-state index contributed by atoms with van der Waals surface area (Å²) in [6.45, 7) is 3.62. The van der Waals surface area contributed by atoms with Crippen LogP contribution in [0, 0.1) is 34.5 Å². The van der Waals surface area contributed by atoms with E-state index in [0.717, 1.165) is 63.0 Å². The van der Waals surface area contributed by atoms with Gasteiger partial charge in [-0.1, -0.05) is 46.2 Å². The molecule has 2 fully saturated rings. The van der Waals surface area contributed by atoms with E-state index in [4.69, 9.17) is 5.73 Å². The summed E-state index contributed by atoms with van der Waals surface area (Å²) in [5, 5.41) is 13.1. The van der Waals surface area contributed by atoms with Crippen molar-refractivity contribution in [2.24, 2.45) is 45.2 Å². The molecule has 5 nitrogen and oxygen atoms in total. The monoisotopic (exact) mass is 515 g/mol. The Hall–Kier alpha value is -0.920. The molecule has 0 aromatic carbocycles. The molecule has 0 saturated heterocycles. The van der Waals surface area contributed by atoms with E-state index in [1.807, 2.05) is 21.6 Å². The van der Waals surface area contributed by atoms with E-state index in [1.54, 1.807) is 5.57 Å². The van der Waals surface area contributed by atoms with Gasteiger partial charge in [-0.05, 0) is 93.0 Å². The Kier molecular flexibility index (Phi) is 6.37. The SMILES string of the molecule is C[C@]12CCSSC[C@]3(CCCC4=C5C[C@H]1CC[C@H]1[C@H](CCCO)C=C[C@H](C4=O)[C@@]512)CCN=C(N)N3. The van der Waals surface area contributed by atoms with Crippen LogP contribution in [0.1, 0.15) is 71.1 Å². The summed E-state index contributed by atoms with van der Waals surface area (Å²) in [6, 6.07) is 0. The zero-order valence-electron chi connectivity index (χ0n) is 21.1. The van der Waals surface area contributed by atoms with Crippen molar-refractivity contribution >= 4 is 33.3 Å². The first-order valence-electron chi connectivity index (χ1n) is 13.8. The molecule has 0 aromatic heterocycles. The molecule has 0 unspecified atom stereocenters. The predicted molar refractivity (Wildman–Crippen MR) is 146 cm³/mol. The van der Waals surface area contributed by atoms with Gasteiger partial charge in [-0.3, -0.25) is 9.79 Å². The number of aliphatic hydroxyl groups excluding tert-OH is 1. The van der Waals surface area contributed by atoms with Crippen LogP contribution in [-0.4, -0.2) is 47.0 Å². The maximum Gasteiger partial charge on any atom is 0.189 e. The van der Waals surface area contributed by atoms with Gasteiger partial charge in [0.05, 0.1) is 11.5 Å². The average molecular weight is 516 g/mol. The Labute approximate surface area is 218 Å². The van der Waals surface area contributed by atoms with Crippen molar-refractivity contribution in [1.29, 1.82) is 0 Å². The fourth-order valence-corrected chi connectivity index (χ4v) is 12.2. The molecule has 0 radical (unpaired) electrons. The van der Waals surface area contributed by atoms with Crippen molar-refractivity contribution in [2.75, 3.05) is 24.7 Å². The molecule has 2 aliphatic heterocycles. The summed E-state index contributed by atoms with van der Waals surface area (Å²) < 4.78 is 0. The summed E-state index contributed by atoms with van der Waals surface area (Å²) in [6.07, 6.45) is 15.5. The summed E-state index contributed by atoms with van der Waals surface area (Å²) >= 11 is 0. The second-order valence-corrected chi connectivity index (χ2v) is 14.8. The highest BCUT2D eigenvalue weighted by Gasteiger charge is 2.73. The molecule has 4 N–H and O–H groups in total. The highest BCUT2D eigenvalue weighted by Crippen LogP contribution is 2.77. The molecule has 6 aliphatic rings. The minimum absolute atomic E-state index is 0.00782. The molecule has 4 aliphatic carbocycles. The predicted octanol–water partition coefficient (Wildman–Crippen LogP) is 4.87. The van der Waals surface area contributed by atoms with Crippen molar-refractivity contribution in [2.45, 2.75) is 76.7 Å². The maximum atomic E-state index is 14.1. The molecule has 35 heavy (non-hydrogen) atoms. The number of aliphatic hydroxyl groups is 1. The first-order chi connectivity index (χ1) is 17.0. The van der Waals surface area contributed by atoms with Crippen LogP contribution in [-0.2, 0) is 4.79 Å². The fraction of sp³-hybridized carbons (Fsp3) is 0.786. The zero-order chi connectivity index (χ0) is 24.3. The van der Waals surface area contributed by atoms with Gasteiger partial charge >= 0.3 is 0 Å². The third-order valence-electron chi connectivity index (χ3n) is 10.9. The Morgan fingerprint density at radius 1 is 1.23 bits per heavy atom. The summed E-state index contributed by atoms with van der Waals surface area (Å²) in [5.41, 5.74) is 9.11. The molecule has 192 valence electrons. The van der Waals surface area contributed by atoms with E-state index in [0.29, 0.717) is 29.5 Å². The molecular formula is C28H41N3O2S2. The molecule has 2 spiro atoms. The number of nitrogens with one attached hydrogen (secondary N) is 1. The molecule has 6 rings (SSSR count). The molecule has 2 saturated carbocycles. The molecule has 0 aromatic rings. The number of carbonyl (C=O) groups is 1. The van der Waals surface area contributed by atoms with Crippen molar-refractivity contribution in [3.63, 3.8) is 0 Å². The highest BCUT2D eigenvalue weighted by molar-refractivity contribution is 8.76. The van der Waals surface area contributed by atoms with Crippen LogP contribution in [0.3, 0.4) is 0 Å². The molecule has 7 heteroatoms. The van der Waals surface area contributed by atoms with Gasteiger partial charge in [0.1, 0.15) is 0 Å². The minimum atomic E-state index is -0.00782. The number of nitrogens with two attached hydrogens (primary N) is 1. The number of allylic oxidation sites excluding steroid dienone is 4. The molecule has 5 bridgehead atoms. The number of carbonyl (C=O) groups excluding carboxylic acids is 1. The first-order valence-corrected chi connectivity index (χ1v) is 16.3. The number of Topliss-reactive ketones (excluding diaryl/α,β-unsaturated/α-hetero) is 1. The number of nitrogens with zero attached hydrogens (tertiary/aromatic N) is 1. The van der Waals surface area contributed by atoms with Crippen LogP contribution < -0.4 is 11.1 Å². The van der Waals surface area contributed by atoms with Gasteiger partial charge in [-0.15, -0.1) is 0 Å². The van der Waals surface area contributed by atoms with Gasteiger partial charge in [0, 0.05) is 30.1 Å². The number of rotatable bonds is 3. The number of aliphatic imine (C=N–C) groups is 1. The third kappa shape index (κ3) is 3.53. The van der Waals surface area contributed by atoms with Gasteiger partial charge in [-0.25, -0.2) is 0 Å². The Bertz CT molecular complexity index is 979. The van der Waals surface area contributed by atoms with Crippen LogP contribution in [0.2, 0.25) is 0 Å². The third-order valence-corrected chi connectivity index (χ3v) is 13.4. The van der Waals surface area contributed by atoms with E-state index in [2.05, 4.69) is 29.4 Å². The van der Waals surface area contributed by atoms with Crippen molar-refractivity contribution in [3.05, 3.63) is 23.3 Å². The van der Waals surface area contributed by atoms with Gasteiger partial charge in [0.15, 0.2) is 11.7 Å². The lowest BCUT2D eigenvalue weighted by atomic mass is 9.44. The summed E-state index contributed by atoms with van der Waals surface area (Å²) in [5.74, 6) is 5.00. The smallest absolute Gasteiger partial charge is 0.189 e. The Balaban J connectivity index is 1.39. The topological polar surface area (TPSA) is 87.7 Å². The molecule has 2 heterocycles. The average Bonchev–Trinajstić information content (AvgIpc) is 3.11. The van der Waals surface area contributed by atoms with Crippen molar-refractivity contribution in [1.82, 2.24) is 5.32 Å². The lowest BCUT2D eigenvalue weighted by Crippen LogP contribution is -2.56. The van der Waals surface area contributed by atoms with Crippen LogP contribution in [0.4, 0.5) is 0 Å². The number of hydrogen-bond acceptors (Lipinski definition) is 7. The van der Waals surface area contributed by atoms with E-state index < -0.39 is 0 Å². The summed E-state index contributed by atoms with van der Waals surface area (Å²) in [4.78, 5) is 18.5. The Morgan fingerprint density at radius 3 is 2.94 bits per heavy atom. The van der Waals surface area contributed by atoms with Crippen LogP contribution in [0.15, 0.2) is 28.3 Å². The van der Waals surface area contributed by atoms with E-state index in [9.17, 15) is 9.90 Å². The minimum Gasteiger partial charge on any atom is -0.396 e. The Morgan fingerprint density at radius 2 is 2.11 bits per heavy atom. The van der Waals surface area contributed by atoms with Gasteiger partial charge in [0.2, 0.25) is 0 Å². The van der Waals surface area contributed by atoms with E-state index in [-0.39, 0.29) is 28.9 Å². The normalized spacial score (nSPS) is 45.0. The zero-order valence-corrected chi connectivity index (χ0v) is 22.7. The molecular weight excluding hydrogens is 474 g/mol. The second kappa shape index (κ2) is 9.13. The van der Waals surface area contributed by atoms with Crippen LogP contribution in [0.5, 0.6) is 0 Å². The van der Waals surface area contributed by atoms with Gasteiger partial charge < -0.3 is 16.2 Å². The molecule has 7 atom stereocenters. The lowest BCUT2D eigenvalue weighted by Gasteiger charge is -2.59. The molecule has 0 amide bonds. The van der Waals surface area contributed by atoms with Crippen molar-refractivity contribution in [3.8, 4) is 0 Å². The standard InChI is InChI=1S/C28H41N3O2S2/c1-26-12-15-34-35-17-27(11-13-30-25(29)31-27)10-2-5-20-23-16-19(26)7-9-21-18(4-3-14-32)6-8-22(24(20)33)28(21,23)26/h6,8,18-19,21-22,32H,2-5,7,9-17H2,1H3,(H3,29,30,31)/t18-,19-,21+,22-,26+,27+,28-/m1/s1.